The van der Waals surface area contributed by atoms with E-state index < -0.39 is 18.5 Å². The second-order valence-electron chi connectivity index (χ2n) is 3.43. The van der Waals surface area contributed by atoms with Gasteiger partial charge >= 0.3 is 5.97 Å². The molecule has 0 fully saturated rings. The van der Waals surface area contributed by atoms with Crippen LogP contribution in [-0.4, -0.2) is 25.0 Å². The largest absolute Gasteiger partial charge is 0.452 e. The van der Waals surface area contributed by atoms with Crippen molar-refractivity contribution in [3.8, 4) is 6.07 Å². The van der Waals surface area contributed by atoms with Crippen LogP contribution in [0.4, 0.5) is 0 Å². The van der Waals surface area contributed by atoms with Gasteiger partial charge in [0.05, 0.1) is 28.1 Å². The maximum Gasteiger partial charge on any atom is 0.341 e. The molecule has 0 saturated carbocycles. The highest BCUT2D eigenvalue weighted by molar-refractivity contribution is 6.39. The van der Waals surface area contributed by atoms with Crippen LogP contribution in [0.3, 0.4) is 0 Å². The summed E-state index contributed by atoms with van der Waals surface area (Å²) in [5.74, 6) is -1.27. The zero-order valence-corrected chi connectivity index (χ0v) is 11.3. The Bertz CT molecular complexity index is 506. The van der Waals surface area contributed by atoms with Crippen LogP contribution in [0, 0.1) is 11.3 Å². The zero-order chi connectivity index (χ0) is 14.3. The molecule has 19 heavy (non-hydrogen) atoms. The van der Waals surface area contributed by atoms with Crippen molar-refractivity contribution in [1.82, 2.24) is 5.32 Å². The average molecular weight is 301 g/mol. The molecule has 0 saturated heterocycles. The third-order valence-corrected chi connectivity index (χ3v) is 2.69. The number of hydrogen-bond donors (Lipinski definition) is 1. The predicted molar refractivity (Wildman–Crippen MR) is 70.0 cm³/mol. The number of halogens is 2. The lowest BCUT2D eigenvalue weighted by Gasteiger charge is -2.07. The zero-order valence-electron chi connectivity index (χ0n) is 9.78. The second kappa shape index (κ2) is 7.62. The highest BCUT2D eigenvalue weighted by Crippen LogP contribution is 2.24. The Morgan fingerprint density at radius 1 is 1.32 bits per heavy atom. The molecule has 0 atom stereocenters. The Morgan fingerprint density at radius 3 is 2.53 bits per heavy atom. The minimum atomic E-state index is -0.772. The third kappa shape index (κ3) is 4.78. The maximum atomic E-state index is 11.7. The van der Waals surface area contributed by atoms with Gasteiger partial charge in [-0.1, -0.05) is 29.3 Å². The lowest BCUT2D eigenvalue weighted by atomic mass is 10.2. The first-order chi connectivity index (χ1) is 9.06. The number of esters is 1. The standard InChI is InChI=1S/C12H10Cl2N2O3/c13-8-3-1-4-9(14)11(8)12(18)19-7-10(17)16-6-2-5-15/h1,3-4H,2,6-7H2,(H,16,17). The van der Waals surface area contributed by atoms with Crippen molar-refractivity contribution in [3.05, 3.63) is 33.8 Å². The fourth-order valence-corrected chi connectivity index (χ4v) is 1.76. The van der Waals surface area contributed by atoms with E-state index in [1.807, 2.05) is 6.07 Å². The first-order valence-electron chi connectivity index (χ1n) is 5.31. The molecule has 7 heteroatoms. The van der Waals surface area contributed by atoms with Crippen molar-refractivity contribution in [1.29, 1.82) is 5.26 Å². The van der Waals surface area contributed by atoms with E-state index >= 15 is 0 Å². The molecular weight excluding hydrogens is 291 g/mol. The summed E-state index contributed by atoms with van der Waals surface area (Å²) >= 11 is 11.6. The van der Waals surface area contributed by atoms with Crippen LogP contribution in [0.25, 0.3) is 0 Å². The molecule has 0 radical (unpaired) electrons. The minimum Gasteiger partial charge on any atom is -0.452 e. The SMILES string of the molecule is N#CCCNC(=O)COC(=O)c1c(Cl)cccc1Cl. The van der Waals surface area contributed by atoms with Gasteiger partial charge in [0.25, 0.3) is 5.91 Å². The van der Waals surface area contributed by atoms with Gasteiger partial charge < -0.3 is 10.1 Å². The minimum absolute atomic E-state index is 0.0238. The lowest BCUT2D eigenvalue weighted by molar-refractivity contribution is -0.124. The van der Waals surface area contributed by atoms with Gasteiger partial charge in [0.1, 0.15) is 0 Å². The van der Waals surface area contributed by atoms with Crippen LogP contribution in [0.2, 0.25) is 10.0 Å². The summed E-state index contributed by atoms with van der Waals surface area (Å²) in [4.78, 5) is 23.0. The summed E-state index contributed by atoms with van der Waals surface area (Å²) in [6.07, 6.45) is 0.191. The van der Waals surface area contributed by atoms with Gasteiger partial charge in [0.15, 0.2) is 6.61 Å². The Balaban J connectivity index is 2.52. The molecule has 0 heterocycles. The second-order valence-corrected chi connectivity index (χ2v) is 4.25. The van der Waals surface area contributed by atoms with Crippen LogP contribution >= 0.6 is 23.2 Å². The van der Waals surface area contributed by atoms with Crippen molar-refractivity contribution >= 4 is 35.1 Å². The molecule has 0 aliphatic heterocycles. The Labute approximate surface area is 120 Å². The van der Waals surface area contributed by atoms with Crippen molar-refractivity contribution in [2.24, 2.45) is 0 Å². The number of ether oxygens (including phenoxy) is 1. The molecule has 100 valence electrons. The van der Waals surface area contributed by atoms with Crippen molar-refractivity contribution in [2.75, 3.05) is 13.2 Å². The van der Waals surface area contributed by atoms with E-state index in [9.17, 15) is 9.59 Å². The summed E-state index contributed by atoms with van der Waals surface area (Å²) in [5, 5.41) is 11.0. The fraction of sp³-hybridized carbons (Fsp3) is 0.250. The lowest BCUT2D eigenvalue weighted by Crippen LogP contribution is -2.29. The molecule has 0 aliphatic rings. The number of hydrogen-bond acceptors (Lipinski definition) is 4. The van der Waals surface area contributed by atoms with Crippen LogP contribution in [0.15, 0.2) is 18.2 Å². The van der Waals surface area contributed by atoms with E-state index in [0.717, 1.165) is 0 Å². The number of nitriles is 1. The van der Waals surface area contributed by atoms with Gasteiger partial charge in [0, 0.05) is 6.54 Å². The average Bonchev–Trinajstić information content (AvgIpc) is 2.36. The molecular formula is C12H10Cl2N2O3. The van der Waals surface area contributed by atoms with E-state index in [-0.39, 0.29) is 28.6 Å². The molecule has 0 spiro atoms. The van der Waals surface area contributed by atoms with Crippen LogP contribution in [0.5, 0.6) is 0 Å². The highest BCUT2D eigenvalue weighted by atomic mass is 35.5. The van der Waals surface area contributed by atoms with Gasteiger partial charge in [-0.05, 0) is 12.1 Å². The molecule has 0 aromatic heterocycles. The number of amides is 1. The van der Waals surface area contributed by atoms with Gasteiger partial charge in [-0.2, -0.15) is 5.26 Å². The number of carbonyl (C=O) groups is 2. The molecule has 5 nitrogen and oxygen atoms in total. The Morgan fingerprint density at radius 2 is 1.95 bits per heavy atom. The van der Waals surface area contributed by atoms with E-state index in [4.69, 9.17) is 33.2 Å². The normalized spacial score (nSPS) is 9.53. The molecule has 0 bridgehead atoms. The highest BCUT2D eigenvalue weighted by Gasteiger charge is 2.17. The summed E-state index contributed by atoms with van der Waals surface area (Å²) in [6.45, 7) is -0.244. The van der Waals surface area contributed by atoms with E-state index in [0.29, 0.717) is 0 Å². The quantitative estimate of drug-likeness (QED) is 0.668. The topological polar surface area (TPSA) is 79.2 Å². The number of nitrogens with zero attached hydrogens (tertiary/aromatic N) is 1. The number of carbonyl (C=O) groups excluding carboxylic acids is 2. The number of nitrogens with one attached hydrogen (secondary N) is 1. The van der Waals surface area contributed by atoms with E-state index in [2.05, 4.69) is 5.32 Å². The van der Waals surface area contributed by atoms with E-state index in [1.165, 1.54) is 12.1 Å². The first kappa shape index (κ1) is 15.3. The van der Waals surface area contributed by atoms with Crippen molar-refractivity contribution < 1.29 is 14.3 Å². The molecule has 1 aromatic rings. The van der Waals surface area contributed by atoms with Gasteiger partial charge in [-0.15, -0.1) is 0 Å². The fourth-order valence-electron chi connectivity index (χ4n) is 1.20. The van der Waals surface area contributed by atoms with Crippen molar-refractivity contribution in [2.45, 2.75) is 6.42 Å². The Hall–Kier alpha value is -1.77. The molecule has 1 aromatic carbocycles. The van der Waals surface area contributed by atoms with Gasteiger partial charge in [-0.25, -0.2) is 4.79 Å². The molecule has 1 rings (SSSR count). The van der Waals surface area contributed by atoms with Crippen LogP contribution in [0.1, 0.15) is 16.8 Å². The Kier molecular flexibility index (Phi) is 6.13. The molecule has 1 N–H and O–H groups in total. The van der Waals surface area contributed by atoms with Crippen molar-refractivity contribution in [3.63, 3.8) is 0 Å². The molecule has 1 amide bonds. The third-order valence-electron chi connectivity index (χ3n) is 2.06. The molecule has 0 unspecified atom stereocenters. The maximum absolute atomic E-state index is 11.7. The van der Waals surface area contributed by atoms with Crippen LogP contribution in [-0.2, 0) is 9.53 Å². The van der Waals surface area contributed by atoms with Gasteiger partial charge in [0.2, 0.25) is 0 Å². The summed E-state index contributed by atoms with van der Waals surface area (Å²) in [5.41, 5.74) is 0.0238. The predicted octanol–water partition coefficient (Wildman–Crippen LogP) is 2.18. The van der Waals surface area contributed by atoms with E-state index in [1.54, 1.807) is 6.07 Å². The monoisotopic (exact) mass is 300 g/mol. The smallest absolute Gasteiger partial charge is 0.341 e. The molecule has 0 aliphatic carbocycles. The number of rotatable bonds is 5. The summed E-state index contributed by atoms with van der Waals surface area (Å²) < 4.78 is 4.78. The summed E-state index contributed by atoms with van der Waals surface area (Å²) in [7, 11) is 0. The van der Waals surface area contributed by atoms with Gasteiger partial charge in [-0.3, -0.25) is 4.79 Å². The van der Waals surface area contributed by atoms with Crippen LogP contribution < -0.4 is 5.32 Å². The summed E-state index contributed by atoms with van der Waals surface area (Å²) in [6, 6.07) is 6.46. The number of benzene rings is 1. The first-order valence-corrected chi connectivity index (χ1v) is 6.06.